The van der Waals surface area contributed by atoms with E-state index in [0.717, 1.165) is 19.6 Å². The number of carbonyl (C=O) groups is 1. The third kappa shape index (κ3) is 3.29. The van der Waals surface area contributed by atoms with E-state index in [1.165, 1.54) is 18.2 Å². The van der Waals surface area contributed by atoms with E-state index in [9.17, 15) is 14.9 Å². The molecule has 1 saturated heterocycles. The Labute approximate surface area is 122 Å². The monoisotopic (exact) mass is 293 g/mol. The summed E-state index contributed by atoms with van der Waals surface area (Å²) in [4.78, 5) is 26.9. The molecule has 0 bridgehead atoms. The van der Waals surface area contributed by atoms with Crippen molar-refractivity contribution in [2.24, 2.45) is 5.84 Å². The summed E-state index contributed by atoms with van der Waals surface area (Å²) in [7, 11) is 0. The van der Waals surface area contributed by atoms with Gasteiger partial charge in [-0.05, 0) is 18.7 Å². The number of nitro groups is 1. The molecule has 2 rings (SSSR count). The molecule has 0 spiro atoms. The van der Waals surface area contributed by atoms with Gasteiger partial charge >= 0.3 is 0 Å². The molecular formula is C13H19N5O3. The highest BCUT2D eigenvalue weighted by Gasteiger charge is 2.27. The second kappa shape index (κ2) is 6.51. The zero-order valence-electron chi connectivity index (χ0n) is 11.9. The SMILES string of the molecule is CCN1CCN(C(=O)c2cc(NN)ccc2[N+](=O)[O-])CC1. The summed E-state index contributed by atoms with van der Waals surface area (Å²) in [6.45, 7) is 5.72. The predicted octanol–water partition coefficient (Wildman–Crippen LogP) is 0.658. The van der Waals surface area contributed by atoms with Crippen LogP contribution in [0.25, 0.3) is 0 Å². The van der Waals surface area contributed by atoms with Gasteiger partial charge in [0.25, 0.3) is 11.6 Å². The first-order valence-corrected chi connectivity index (χ1v) is 6.83. The summed E-state index contributed by atoms with van der Waals surface area (Å²) in [5.41, 5.74) is 2.75. The first-order chi connectivity index (χ1) is 10.1. The molecule has 1 aliphatic rings. The zero-order chi connectivity index (χ0) is 15.4. The maximum absolute atomic E-state index is 12.5. The number of piperazine rings is 1. The highest BCUT2D eigenvalue weighted by Crippen LogP contribution is 2.24. The molecule has 1 fully saturated rings. The van der Waals surface area contributed by atoms with Crippen LogP contribution in [0.1, 0.15) is 17.3 Å². The quantitative estimate of drug-likeness (QED) is 0.480. The van der Waals surface area contributed by atoms with Gasteiger partial charge in [-0.3, -0.25) is 20.8 Å². The molecule has 1 aliphatic heterocycles. The number of nitrogen functional groups attached to an aromatic ring is 1. The molecular weight excluding hydrogens is 274 g/mol. The number of anilines is 1. The number of nitrogens with two attached hydrogens (primary N) is 1. The summed E-state index contributed by atoms with van der Waals surface area (Å²) < 4.78 is 0. The normalized spacial score (nSPS) is 15.8. The predicted molar refractivity (Wildman–Crippen MR) is 78.9 cm³/mol. The van der Waals surface area contributed by atoms with E-state index in [-0.39, 0.29) is 17.2 Å². The minimum atomic E-state index is -0.546. The van der Waals surface area contributed by atoms with Gasteiger partial charge in [-0.15, -0.1) is 0 Å². The molecule has 0 aromatic heterocycles. The molecule has 21 heavy (non-hydrogen) atoms. The van der Waals surface area contributed by atoms with Gasteiger partial charge in [-0.1, -0.05) is 6.92 Å². The maximum atomic E-state index is 12.5. The van der Waals surface area contributed by atoms with Gasteiger partial charge < -0.3 is 15.2 Å². The van der Waals surface area contributed by atoms with Crippen LogP contribution in [0.5, 0.6) is 0 Å². The van der Waals surface area contributed by atoms with E-state index in [2.05, 4.69) is 17.2 Å². The molecule has 8 heteroatoms. The summed E-state index contributed by atoms with van der Waals surface area (Å²) in [6.07, 6.45) is 0. The first-order valence-electron chi connectivity index (χ1n) is 6.83. The van der Waals surface area contributed by atoms with Crippen molar-refractivity contribution >= 4 is 17.3 Å². The number of nitrogens with one attached hydrogen (secondary N) is 1. The molecule has 3 N–H and O–H groups in total. The number of hydrazine groups is 1. The lowest BCUT2D eigenvalue weighted by Crippen LogP contribution is -2.48. The van der Waals surface area contributed by atoms with Crippen molar-refractivity contribution in [3.05, 3.63) is 33.9 Å². The molecule has 8 nitrogen and oxygen atoms in total. The van der Waals surface area contributed by atoms with Crippen molar-refractivity contribution in [3.63, 3.8) is 0 Å². The van der Waals surface area contributed by atoms with Crippen molar-refractivity contribution in [3.8, 4) is 0 Å². The smallest absolute Gasteiger partial charge is 0.282 e. The van der Waals surface area contributed by atoms with Crippen molar-refractivity contribution in [2.75, 3.05) is 38.1 Å². The third-order valence-electron chi connectivity index (χ3n) is 3.70. The Kier molecular flexibility index (Phi) is 4.71. The van der Waals surface area contributed by atoms with E-state index < -0.39 is 4.92 Å². The van der Waals surface area contributed by atoms with Crippen LogP contribution >= 0.6 is 0 Å². The number of carbonyl (C=O) groups excluding carboxylic acids is 1. The molecule has 1 aromatic rings. The minimum Gasteiger partial charge on any atom is -0.336 e. The fourth-order valence-electron chi connectivity index (χ4n) is 2.39. The van der Waals surface area contributed by atoms with E-state index in [4.69, 9.17) is 5.84 Å². The van der Waals surface area contributed by atoms with Crippen molar-refractivity contribution in [1.29, 1.82) is 0 Å². The molecule has 0 aliphatic carbocycles. The van der Waals surface area contributed by atoms with E-state index in [1.54, 1.807) is 4.90 Å². The van der Waals surface area contributed by atoms with E-state index in [0.29, 0.717) is 18.8 Å². The van der Waals surface area contributed by atoms with E-state index in [1.807, 2.05) is 0 Å². The van der Waals surface area contributed by atoms with Crippen LogP contribution in [0.4, 0.5) is 11.4 Å². The number of rotatable bonds is 4. The number of likely N-dealkylation sites (N-methyl/N-ethyl adjacent to an activating group) is 1. The maximum Gasteiger partial charge on any atom is 0.282 e. The number of hydrogen-bond acceptors (Lipinski definition) is 6. The topological polar surface area (TPSA) is 105 Å². The van der Waals surface area contributed by atoms with Gasteiger partial charge in [0.15, 0.2) is 0 Å². The second-order valence-corrected chi connectivity index (χ2v) is 4.86. The summed E-state index contributed by atoms with van der Waals surface area (Å²) in [5.74, 6) is 4.98. The lowest BCUT2D eigenvalue weighted by atomic mass is 10.1. The van der Waals surface area contributed by atoms with Gasteiger partial charge in [0.1, 0.15) is 5.56 Å². The van der Waals surface area contributed by atoms with Crippen molar-refractivity contribution in [1.82, 2.24) is 9.80 Å². The number of nitrogens with zero attached hydrogens (tertiary/aromatic N) is 3. The standard InChI is InChI=1S/C13H19N5O3/c1-2-16-5-7-17(8-6-16)13(19)11-9-10(15-14)3-4-12(11)18(20)21/h3-4,9,15H,2,5-8,14H2,1H3. The molecule has 114 valence electrons. The Bertz CT molecular complexity index is 541. The number of nitro benzene ring substituents is 1. The van der Waals surface area contributed by atoms with Crippen LogP contribution in [0.2, 0.25) is 0 Å². The summed E-state index contributed by atoms with van der Waals surface area (Å²) >= 11 is 0. The molecule has 0 saturated carbocycles. The highest BCUT2D eigenvalue weighted by molar-refractivity contribution is 5.99. The largest absolute Gasteiger partial charge is 0.336 e. The highest BCUT2D eigenvalue weighted by atomic mass is 16.6. The van der Waals surface area contributed by atoms with Crippen LogP contribution < -0.4 is 11.3 Å². The average Bonchev–Trinajstić information content (AvgIpc) is 2.53. The molecule has 1 heterocycles. The van der Waals surface area contributed by atoms with Crippen molar-refractivity contribution in [2.45, 2.75) is 6.92 Å². The zero-order valence-corrected chi connectivity index (χ0v) is 11.9. The van der Waals surface area contributed by atoms with Gasteiger partial charge in [0.2, 0.25) is 0 Å². The van der Waals surface area contributed by atoms with Gasteiger partial charge in [-0.25, -0.2) is 0 Å². The Hall–Kier alpha value is -2.19. The number of benzene rings is 1. The second-order valence-electron chi connectivity index (χ2n) is 4.86. The van der Waals surface area contributed by atoms with Crippen molar-refractivity contribution < 1.29 is 9.72 Å². The van der Waals surface area contributed by atoms with Gasteiger partial charge in [0, 0.05) is 37.9 Å². The minimum absolute atomic E-state index is 0.0698. The molecule has 0 radical (unpaired) electrons. The summed E-state index contributed by atoms with van der Waals surface area (Å²) in [5, 5.41) is 11.1. The lowest BCUT2D eigenvalue weighted by Gasteiger charge is -2.34. The lowest BCUT2D eigenvalue weighted by molar-refractivity contribution is -0.385. The molecule has 1 amide bonds. The van der Waals surface area contributed by atoms with Gasteiger partial charge in [-0.2, -0.15) is 0 Å². The Morgan fingerprint density at radius 3 is 2.57 bits per heavy atom. The van der Waals surface area contributed by atoms with Crippen LogP contribution in [0.3, 0.4) is 0 Å². The van der Waals surface area contributed by atoms with Crippen LogP contribution in [0, 0.1) is 10.1 Å². The van der Waals surface area contributed by atoms with Crippen LogP contribution in [-0.4, -0.2) is 53.4 Å². The Morgan fingerprint density at radius 2 is 2.05 bits per heavy atom. The molecule has 1 aromatic carbocycles. The van der Waals surface area contributed by atoms with Crippen LogP contribution in [-0.2, 0) is 0 Å². The third-order valence-corrected chi connectivity index (χ3v) is 3.70. The Morgan fingerprint density at radius 1 is 1.38 bits per heavy atom. The van der Waals surface area contributed by atoms with Crippen LogP contribution in [0.15, 0.2) is 18.2 Å². The first kappa shape index (κ1) is 15.2. The molecule has 0 atom stereocenters. The number of amides is 1. The fraction of sp³-hybridized carbons (Fsp3) is 0.462. The average molecular weight is 293 g/mol. The number of hydrogen-bond donors (Lipinski definition) is 2. The fourth-order valence-corrected chi connectivity index (χ4v) is 2.39. The summed E-state index contributed by atoms with van der Waals surface area (Å²) in [6, 6.07) is 4.20. The van der Waals surface area contributed by atoms with E-state index >= 15 is 0 Å². The molecule has 0 unspecified atom stereocenters. The Balaban J connectivity index is 2.23. The van der Waals surface area contributed by atoms with Gasteiger partial charge in [0.05, 0.1) is 4.92 Å².